The van der Waals surface area contributed by atoms with Gasteiger partial charge in [-0.2, -0.15) is 0 Å². The van der Waals surface area contributed by atoms with Crippen LogP contribution >= 0.6 is 0 Å². The number of aromatic carboxylic acids is 2. The molecule has 5 heteroatoms. The van der Waals surface area contributed by atoms with Crippen LogP contribution in [0.2, 0.25) is 0 Å². The van der Waals surface area contributed by atoms with Gasteiger partial charge in [-0.3, -0.25) is 4.79 Å². The van der Waals surface area contributed by atoms with Crippen LogP contribution in [-0.4, -0.2) is 28.4 Å². The molecule has 2 aromatic rings. The zero-order valence-corrected chi connectivity index (χ0v) is 10.4. The SMILES string of the molecule is O=C(O)c1ccccc1.O=Cc1ccc(C(=O)O)cc1. The maximum absolute atomic E-state index is 10.3. The van der Waals surface area contributed by atoms with E-state index in [2.05, 4.69) is 0 Å². The fourth-order valence-electron chi connectivity index (χ4n) is 1.28. The molecule has 0 bridgehead atoms. The van der Waals surface area contributed by atoms with Crippen molar-refractivity contribution in [2.75, 3.05) is 0 Å². The number of hydrogen-bond acceptors (Lipinski definition) is 3. The van der Waals surface area contributed by atoms with E-state index in [4.69, 9.17) is 10.2 Å². The van der Waals surface area contributed by atoms with Gasteiger partial charge in [-0.15, -0.1) is 0 Å². The molecular formula is C15H12O5. The van der Waals surface area contributed by atoms with E-state index >= 15 is 0 Å². The lowest BCUT2D eigenvalue weighted by Gasteiger charge is -1.92. The summed E-state index contributed by atoms with van der Waals surface area (Å²) in [5.74, 6) is -1.86. The van der Waals surface area contributed by atoms with Crippen LogP contribution in [-0.2, 0) is 0 Å². The zero-order chi connectivity index (χ0) is 15.0. The van der Waals surface area contributed by atoms with Crippen LogP contribution in [0, 0.1) is 0 Å². The highest BCUT2D eigenvalue weighted by molar-refractivity contribution is 5.88. The summed E-state index contributed by atoms with van der Waals surface area (Å²) in [6.45, 7) is 0. The molecule has 2 N–H and O–H groups in total. The lowest BCUT2D eigenvalue weighted by Crippen LogP contribution is -1.95. The first-order chi connectivity index (χ1) is 9.54. The fraction of sp³-hybridized carbons (Fsp3) is 0. The first kappa shape index (κ1) is 15.1. The molecule has 0 saturated carbocycles. The first-order valence-corrected chi connectivity index (χ1v) is 5.61. The molecule has 0 aromatic heterocycles. The van der Waals surface area contributed by atoms with Gasteiger partial charge in [-0.25, -0.2) is 9.59 Å². The molecule has 0 amide bonds. The van der Waals surface area contributed by atoms with Crippen molar-refractivity contribution < 1.29 is 24.6 Å². The highest BCUT2D eigenvalue weighted by Gasteiger charge is 2.00. The summed E-state index contributed by atoms with van der Waals surface area (Å²) in [6, 6.07) is 14.0. The van der Waals surface area contributed by atoms with Gasteiger partial charge in [-0.05, 0) is 24.3 Å². The number of aldehydes is 1. The standard InChI is InChI=1S/C8H6O3.C7H6O2/c9-5-6-1-3-7(4-2-6)8(10)11;8-7(9)6-4-2-1-3-5-6/h1-5H,(H,10,11);1-5H,(H,8,9). The summed E-state index contributed by atoms with van der Waals surface area (Å²) in [5, 5.41) is 16.8. The van der Waals surface area contributed by atoms with Crippen molar-refractivity contribution in [3.05, 3.63) is 71.3 Å². The third-order valence-corrected chi connectivity index (χ3v) is 2.31. The number of carboxylic acid groups (broad SMARTS) is 2. The van der Waals surface area contributed by atoms with E-state index in [0.717, 1.165) is 0 Å². The molecule has 5 nitrogen and oxygen atoms in total. The summed E-state index contributed by atoms with van der Waals surface area (Å²) in [4.78, 5) is 30.7. The molecule has 0 atom stereocenters. The molecule has 0 aliphatic carbocycles. The number of carbonyl (C=O) groups excluding carboxylic acids is 1. The third-order valence-electron chi connectivity index (χ3n) is 2.31. The van der Waals surface area contributed by atoms with E-state index in [1.807, 2.05) is 0 Å². The smallest absolute Gasteiger partial charge is 0.335 e. The molecule has 0 unspecified atom stereocenters. The highest BCUT2D eigenvalue weighted by Crippen LogP contribution is 2.01. The van der Waals surface area contributed by atoms with E-state index in [-0.39, 0.29) is 5.56 Å². The van der Waals surface area contributed by atoms with Crippen molar-refractivity contribution in [3.8, 4) is 0 Å². The lowest BCUT2D eigenvalue weighted by molar-refractivity contribution is 0.0686. The Morgan fingerprint density at radius 3 is 1.55 bits per heavy atom. The predicted molar refractivity (Wildman–Crippen MR) is 72.2 cm³/mol. The van der Waals surface area contributed by atoms with Crippen molar-refractivity contribution >= 4 is 18.2 Å². The largest absolute Gasteiger partial charge is 0.478 e. The summed E-state index contributed by atoms with van der Waals surface area (Å²) in [7, 11) is 0. The Morgan fingerprint density at radius 2 is 1.20 bits per heavy atom. The molecule has 0 aliphatic heterocycles. The van der Waals surface area contributed by atoms with Gasteiger partial charge >= 0.3 is 11.9 Å². The Kier molecular flexibility index (Phi) is 5.65. The van der Waals surface area contributed by atoms with Gasteiger partial charge < -0.3 is 10.2 Å². The predicted octanol–water partition coefficient (Wildman–Crippen LogP) is 2.58. The molecule has 0 radical (unpaired) electrons. The van der Waals surface area contributed by atoms with E-state index in [0.29, 0.717) is 17.4 Å². The third kappa shape index (κ3) is 4.73. The van der Waals surface area contributed by atoms with Crippen LogP contribution in [0.4, 0.5) is 0 Å². The second kappa shape index (κ2) is 7.48. The first-order valence-electron chi connectivity index (χ1n) is 5.61. The van der Waals surface area contributed by atoms with Gasteiger partial charge in [0.15, 0.2) is 0 Å². The second-order valence-electron chi connectivity index (χ2n) is 3.72. The molecule has 0 spiro atoms. The number of hydrogen-bond donors (Lipinski definition) is 2. The van der Waals surface area contributed by atoms with Crippen LogP contribution in [0.3, 0.4) is 0 Å². The average Bonchev–Trinajstić information content (AvgIpc) is 2.49. The summed E-state index contributed by atoms with van der Waals surface area (Å²) >= 11 is 0. The molecule has 102 valence electrons. The Morgan fingerprint density at radius 1 is 0.750 bits per heavy atom. The molecule has 20 heavy (non-hydrogen) atoms. The van der Waals surface area contributed by atoms with Gasteiger partial charge in [0.05, 0.1) is 11.1 Å². The minimum atomic E-state index is -0.984. The minimum Gasteiger partial charge on any atom is -0.478 e. The maximum Gasteiger partial charge on any atom is 0.335 e. The monoisotopic (exact) mass is 272 g/mol. The number of benzene rings is 2. The number of carboxylic acids is 2. The molecule has 0 saturated heterocycles. The Balaban J connectivity index is 0.000000204. The maximum atomic E-state index is 10.3. The van der Waals surface area contributed by atoms with Crippen molar-refractivity contribution in [2.24, 2.45) is 0 Å². The Bertz CT molecular complexity index is 587. The summed E-state index contributed by atoms with van der Waals surface area (Å²) in [5.41, 5.74) is 1.00. The molecule has 0 heterocycles. The molecule has 0 fully saturated rings. The molecular weight excluding hydrogens is 260 g/mol. The molecule has 2 rings (SSSR count). The van der Waals surface area contributed by atoms with Gasteiger partial charge in [0.2, 0.25) is 0 Å². The van der Waals surface area contributed by atoms with E-state index in [1.165, 1.54) is 24.3 Å². The van der Waals surface area contributed by atoms with Crippen LogP contribution in [0.5, 0.6) is 0 Å². The summed E-state index contributed by atoms with van der Waals surface area (Å²) in [6.07, 6.45) is 0.672. The highest BCUT2D eigenvalue weighted by atomic mass is 16.4. The van der Waals surface area contributed by atoms with Crippen molar-refractivity contribution in [1.29, 1.82) is 0 Å². The van der Waals surface area contributed by atoms with Gasteiger partial charge in [-0.1, -0.05) is 30.3 Å². The quantitative estimate of drug-likeness (QED) is 0.838. The normalized spacial score (nSPS) is 9.00. The topological polar surface area (TPSA) is 91.7 Å². The van der Waals surface area contributed by atoms with E-state index in [9.17, 15) is 14.4 Å². The Hall–Kier alpha value is -2.95. The van der Waals surface area contributed by atoms with E-state index < -0.39 is 11.9 Å². The van der Waals surface area contributed by atoms with Gasteiger partial charge in [0.1, 0.15) is 6.29 Å². The van der Waals surface area contributed by atoms with E-state index in [1.54, 1.807) is 30.3 Å². The van der Waals surface area contributed by atoms with Crippen LogP contribution in [0.1, 0.15) is 31.1 Å². The minimum absolute atomic E-state index is 0.190. The van der Waals surface area contributed by atoms with Crippen LogP contribution in [0.15, 0.2) is 54.6 Å². The van der Waals surface area contributed by atoms with Crippen molar-refractivity contribution in [1.82, 2.24) is 0 Å². The van der Waals surface area contributed by atoms with Crippen LogP contribution < -0.4 is 0 Å². The van der Waals surface area contributed by atoms with Crippen molar-refractivity contribution in [3.63, 3.8) is 0 Å². The molecule has 2 aromatic carbocycles. The number of carbonyl (C=O) groups is 3. The van der Waals surface area contributed by atoms with Gasteiger partial charge in [0.25, 0.3) is 0 Å². The van der Waals surface area contributed by atoms with Crippen LogP contribution in [0.25, 0.3) is 0 Å². The van der Waals surface area contributed by atoms with Crippen molar-refractivity contribution in [2.45, 2.75) is 0 Å². The lowest BCUT2D eigenvalue weighted by atomic mass is 10.1. The molecule has 0 aliphatic rings. The summed E-state index contributed by atoms with van der Waals surface area (Å²) < 4.78 is 0. The number of rotatable bonds is 3. The van der Waals surface area contributed by atoms with Gasteiger partial charge in [0, 0.05) is 5.56 Å². The average molecular weight is 272 g/mol. The fourth-order valence-corrected chi connectivity index (χ4v) is 1.28. The second-order valence-corrected chi connectivity index (χ2v) is 3.72. The zero-order valence-electron chi connectivity index (χ0n) is 10.4. The Labute approximate surface area is 115 Å².